The number of ether oxygens (including phenoxy) is 1. The number of hydrogen-bond donors (Lipinski definition) is 2. The standard InChI is InChI=1S/C17H31N3O2/c1-12(2)16(20-10-13(3)22-14(4)11-20)17(21)19-9-15-5-7-18-8-6-15/h5,12-14,16,18H,6-11H2,1-4H3,(H,19,21). The van der Waals surface area contributed by atoms with Gasteiger partial charge in [-0.05, 0) is 32.7 Å². The molecule has 0 radical (unpaired) electrons. The first-order valence-electron chi connectivity index (χ1n) is 8.53. The molecule has 22 heavy (non-hydrogen) atoms. The van der Waals surface area contributed by atoms with Crippen LogP contribution < -0.4 is 10.6 Å². The van der Waals surface area contributed by atoms with E-state index in [1.165, 1.54) is 5.57 Å². The van der Waals surface area contributed by atoms with Crippen LogP contribution in [-0.2, 0) is 9.53 Å². The Balaban J connectivity index is 1.94. The van der Waals surface area contributed by atoms with Crippen molar-refractivity contribution in [3.05, 3.63) is 11.6 Å². The van der Waals surface area contributed by atoms with Crippen LogP contribution in [0.4, 0.5) is 0 Å². The summed E-state index contributed by atoms with van der Waals surface area (Å²) < 4.78 is 5.79. The minimum Gasteiger partial charge on any atom is -0.373 e. The van der Waals surface area contributed by atoms with Crippen LogP contribution in [0.5, 0.6) is 0 Å². The second-order valence-corrected chi connectivity index (χ2v) is 6.93. The fourth-order valence-electron chi connectivity index (χ4n) is 3.47. The molecule has 2 rings (SSSR count). The summed E-state index contributed by atoms with van der Waals surface area (Å²) in [6.45, 7) is 12.7. The van der Waals surface area contributed by atoms with Gasteiger partial charge in [0.1, 0.15) is 0 Å². The van der Waals surface area contributed by atoms with Gasteiger partial charge in [-0.2, -0.15) is 0 Å². The fourth-order valence-corrected chi connectivity index (χ4v) is 3.47. The van der Waals surface area contributed by atoms with Crippen molar-refractivity contribution in [2.45, 2.75) is 52.4 Å². The highest BCUT2D eigenvalue weighted by molar-refractivity contribution is 5.82. The largest absolute Gasteiger partial charge is 0.373 e. The molecule has 0 aromatic carbocycles. The lowest BCUT2D eigenvalue weighted by Gasteiger charge is -2.41. The molecule has 2 aliphatic rings. The van der Waals surface area contributed by atoms with Crippen molar-refractivity contribution < 1.29 is 9.53 Å². The van der Waals surface area contributed by atoms with Crippen molar-refractivity contribution in [3.63, 3.8) is 0 Å². The van der Waals surface area contributed by atoms with Crippen molar-refractivity contribution in [3.8, 4) is 0 Å². The lowest BCUT2D eigenvalue weighted by molar-refractivity contribution is -0.135. The number of rotatable bonds is 5. The summed E-state index contributed by atoms with van der Waals surface area (Å²) in [4.78, 5) is 15.0. The van der Waals surface area contributed by atoms with E-state index in [2.05, 4.69) is 49.3 Å². The average Bonchev–Trinajstić information content (AvgIpc) is 2.45. The molecule has 3 unspecified atom stereocenters. The Hall–Kier alpha value is -0.910. The smallest absolute Gasteiger partial charge is 0.237 e. The first-order valence-corrected chi connectivity index (χ1v) is 8.53. The minimum atomic E-state index is -0.0730. The average molecular weight is 309 g/mol. The van der Waals surface area contributed by atoms with Crippen LogP contribution in [0.15, 0.2) is 11.6 Å². The van der Waals surface area contributed by atoms with Gasteiger partial charge in [0.05, 0.1) is 18.2 Å². The van der Waals surface area contributed by atoms with Crippen LogP contribution in [-0.4, -0.2) is 61.8 Å². The highest BCUT2D eigenvalue weighted by Crippen LogP contribution is 2.18. The highest BCUT2D eigenvalue weighted by atomic mass is 16.5. The van der Waals surface area contributed by atoms with E-state index in [1.807, 2.05) is 0 Å². The predicted octanol–water partition coefficient (Wildman–Crippen LogP) is 1.16. The van der Waals surface area contributed by atoms with Gasteiger partial charge in [-0.15, -0.1) is 0 Å². The van der Waals surface area contributed by atoms with Gasteiger partial charge < -0.3 is 15.4 Å². The molecule has 0 saturated carbocycles. The van der Waals surface area contributed by atoms with E-state index in [0.717, 1.165) is 32.6 Å². The molecule has 0 spiro atoms. The fraction of sp³-hybridized carbons (Fsp3) is 0.824. The summed E-state index contributed by atoms with van der Waals surface area (Å²) in [7, 11) is 0. The van der Waals surface area contributed by atoms with Gasteiger partial charge in [-0.3, -0.25) is 9.69 Å². The van der Waals surface area contributed by atoms with Crippen LogP contribution >= 0.6 is 0 Å². The number of morpholine rings is 1. The molecule has 0 aliphatic carbocycles. The molecule has 1 saturated heterocycles. The molecular formula is C17H31N3O2. The molecule has 126 valence electrons. The Bertz CT molecular complexity index is 399. The van der Waals surface area contributed by atoms with E-state index < -0.39 is 0 Å². The lowest BCUT2D eigenvalue weighted by Crippen LogP contribution is -2.57. The Morgan fingerprint density at radius 2 is 2.09 bits per heavy atom. The summed E-state index contributed by atoms with van der Waals surface area (Å²) in [5.74, 6) is 0.440. The Labute approximate surface area is 134 Å². The first-order chi connectivity index (χ1) is 10.5. The van der Waals surface area contributed by atoms with E-state index in [4.69, 9.17) is 4.74 Å². The van der Waals surface area contributed by atoms with Gasteiger partial charge in [0.15, 0.2) is 0 Å². The molecule has 2 aliphatic heterocycles. The quantitative estimate of drug-likeness (QED) is 0.748. The molecule has 0 aromatic rings. The zero-order chi connectivity index (χ0) is 16.1. The molecule has 2 heterocycles. The minimum absolute atomic E-state index is 0.0730. The van der Waals surface area contributed by atoms with E-state index in [1.54, 1.807) is 0 Å². The number of nitrogens with zero attached hydrogens (tertiary/aromatic N) is 1. The molecule has 0 bridgehead atoms. The Morgan fingerprint density at radius 3 is 2.64 bits per heavy atom. The summed E-state index contributed by atoms with van der Waals surface area (Å²) in [6, 6.07) is -0.0730. The zero-order valence-corrected chi connectivity index (χ0v) is 14.4. The van der Waals surface area contributed by atoms with Gasteiger partial charge in [0.25, 0.3) is 0 Å². The lowest BCUT2D eigenvalue weighted by atomic mass is 9.99. The first kappa shape index (κ1) is 17.4. The number of carbonyl (C=O) groups is 1. The van der Waals surface area contributed by atoms with E-state index >= 15 is 0 Å². The van der Waals surface area contributed by atoms with E-state index in [0.29, 0.717) is 12.5 Å². The van der Waals surface area contributed by atoms with Gasteiger partial charge in [0, 0.05) is 26.2 Å². The number of amides is 1. The number of carbonyl (C=O) groups excluding carboxylic acids is 1. The number of nitrogens with one attached hydrogen (secondary N) is 2. The third-order valence-electron chi connectivity index (χ3n) is 4.39. The summed E-state index contributed by atoms with van der Waals surface area (Å²) >= 11 is 0. The maximum atomic E-state index is 12.7. The topological polar surface area (TPSA) is 53.6 Å². The molecule has 3 atom stereocenters. The van der Waals surface area contributed by atoms with Gasteiger partial charge in [-0.25, -0.2) is 0 Å². The van der Waals surface area contributed by atoms with Crippen molar-refractivity contribution in [1.29, 1.82) is 0 Å². The molecule has 0 aromatic heterocycles. The maximum absolute atomic E-state index is 12.7. The van der Waals surface area contributed by atoms with Gasteiger partial charge >= 0.3 is 0 Å². The third-order valence-corrected chi connectivity index (χ3v) is 4.39. The second-order valence-electron chi connectivity index (χ2n) is 6.93. The molecule has 2 N–H and O–H groups in total. The summed E-state index contributed by atoms with van der Waals surface area (Å²) in [5, 5.41) is 6.44. The SMILES string of the molecule is CC1CN(C(C(=O)NCC2=CCNCC2)C(C)C)CC(C)O1. The normalized spacial score (nSPS) is 28.3. The summed E-state index contributed by atoms with van der Waals surface area (Å²) in [6.07, 6.45) is 3.58. The van der Waals surface area contributed by atoms with Crippen LogP contribution in [0, 0.1) is 5.92 Å². The molecular weight excluding hydrogens is 278 g/mol. The van der Waals surface area contributed by atoms with Crippen molar-refractivity contribution >= 4 is 5.91 Å². The van der Waals surface area contributed by atoms with Gasteiger partial charge in [0.2, 0.25) is 5.91 Å². The van der Waals surface area contributed by atoms with Gasteiger partial charge in [-0.1, -0.05) is 25.5 Å². The van der Waals surface area contributed by atoms with Crippen LogP contribution in [0.1, 0.15) is 34.1 Å². The van der Waals surface area contributed by atoms with Crippen molar-refractivity contribution in [2.75, 3.05) is 32.7 Å². The van der Waals surface area contributed by atoms with Crippen LogP contribution in [0.25, 0.3) is 0 Å². The van der Waals surface area contributed by atoms with Crippen molar-refractivity contribution in [2.24, 2.45) is 5.92 Å². The summed E-state index contributed by atoms with van der Waals surface area (Å²) in [5.41, 5.74) is 1.33. The highest BCUT2D eigenvalue weighted by Gasteiger charge is 2.34. The van der Waals surface area contributed by atoms with Crippen LogP contribution in [0.2, 0.25) is 0 Å². The number of hydrogen-bond acceptors (Lipinski definition) is 4. The maximum Gasteiger partial charge on any atom is 0.237 e. The zero-order valence-electron chi connectivity index (χ0n) is 14.4. The van der Waals surface area contributed by atoms with Crippen molar-refractivity contribution in [1.82, 2.24) is 15.5 Å². The molecule has 1 amide bonds. The molecule has 1 fully saturated rings. The molecule has 5 heteroatoms. The second kappa shape index (κ2) is 8.09. The Morgan fingerprint density at radius 1 is 1.41 bits per heavy atom. The Kier molecular flexibility index (Phi) is 6.41. The van der Waals surface area contributed by atoms with Crippen LogP contribution in [0.3, 0.4) is 0 Å². The van der Waals surface area contributed by atoms with E-state index in [-0.39, 0.29) is 24.2 Å². The third kappa shape index (κ3) is 4.80. The molecule has 5 nitrogen and oxygen atoms in total. The monoisotopic (exact) mass is 309 g/mol. The predicted molar refractivity (Wildman–Crippen MR) is 88.8 cm³/mol. The van der Waals surface area contributed by atoms with E-state index in [9.17, 15) is 4.79 Å².